The number of alkyl carbamates (subject to hydrolysis) is 1. The van der Waals surface area contributed by atoms with Crippen LogP contribution in [0.15, 0.2) is 24.3 Å². The van der Waals surface area contributed by atoms with Crippen molar-refractivity contribution in [3.8, 4) is 5.88 Å². The molecule has 3 amide bonds. The molecule has 2 unspecified atom stereocenters. The first-order valence-corrected chi connectivity index (χ1v) is 23.1. The number of carbonyl (C=O) groups excluding carboxylic acids is 3. The number of halogens is 5. The third-order valence-electron chi connectivity index (χ3n) is 14.2. The minimum absolute atomic E-state index is 0.0220. The van der Waals surface area contributed by atoms with Crippen molar-refractivity contribution in [2.45, 2.75) is 156 Å². The van der Waals surface area contributed by atoms with Crippen LogP contribution in [0.4, 0.5) is 22.4 Å². The average molecular weight is 884 g/mol. The van der Waals surface area contributed by atoms with Crippen LogP contribution < -0.4 is 15.4 Å². The fourth-order valence-electron chi connectivity index (χ4n) is 10.1. The molecule has 1 saturated heterocycles. The summed E-state index contributed by atoms with van der Waals surface area (Å²) in [5, 5.41) is 2.68. The zero-order valence-electron chi connectivity index (χ0n) is 34.4. The summed E-state index contributed by atoms with van der Waals surface area (Å²) in [5.74, 6) is -6.37. The highest BCUT2D eigenvalue weighted by molar-refractivity contribution is 7.93. The second-order valence-corrected chi connectivity index (χ2v) is 22.8. The quantitative estimate of drug-likeness (QED) is 0.223. The molecule has 8 rings (SSSR count). The van der Waals surface area contributed by atoms with Gasteiger partial charge in [-0.15, -0.1) is 11.6 Å². The van der Waals surface area contributed by atoms with Crippen molar-refractivity contribution >= 4 is 50.4 Å². The third-order valence-corrected chi connectivity index (χ3v) is 18.2. The molecule has 6 aliphatic rings. The molecule has 2 N–H and O–H groups in total. The number of carbonyl (C=O) groups is 3. The maximum Gasteiger partial charge on any atom is 0.408 e. The van der Waals surface area contributed by atoms with Gasteiger partial charge in [0.1, 0.15) is 24.3 Å². The van der Waals surface area contributed by atoms with Gasteiger partial charge in [-0.1, -0.05) is 39.3 Å². The number of rotatable bonds is 7. The van der Waals surface area contributed by atoms with Gasteiger partial charge in [0, 0.05) is 18.8 Å². The number of hydrogen-bond donors (Lipinski definition) is 2. The van der Waals surface area contributed by atoms with Gasteiger partial charge in [-0.3, -0.25) is 9.59 Å². The maximum absolute atomic E-state index is 16.3. The molecule has 0 radical (unpaired) electrons. The Morgan fingerprint density at radius 2 is 1.70 bits per heavy atom. The van der Waals surface area contributed by atoms with E-state index >= 15 is 8.78 Å². The van der Waals surface area contributed by atoms with E-state index in [4.69, 9.17) is 21.1 Å². The normalized spacial score (nSPS) is 34.8. The largest absolute Gasteiger partial charge is 0.471 e. The van der Waals surface area contributed by atoms with Gasteiger partial charge in [0.05, 0.1) is 38.5 Å². The van der Waals surface area contributed by atoms with E-state index in [-0.39, 0.29) is 42.8 Å². The molecule has 3 heterocycles. The summed E-state index contributed by atoms with van der Waals surface area (Å²) in [6.45, 7) is 7.76. The molecule has 4 aliphatic carbocycles. The minimum Gasteiger partial charge on any atom is -0.471 e. The monoisotopic (exact) mass is 883 g/mol. The Hall–Kier alpha value is -3.47. The van der Waals surface area contributed by atoms with Gasteiger partial charge in [-0.05, 0) is 94.1 Å². The van der Waals surface area contributed by atoms with Crippen molar-refractivity contribution in [2.75, 3.05) is 6.54 Å². The number of para-hydroxylation sites is 2. The van der Waals surface area contributed by atoms with Gasteiger partial charge in [0.15, 0.2) is 15.5 Å². The molecule has 2 aromatic rings. The Labute approximate surface area is 352 Å². The number of amides is 3. The molecule has 2 aliphatic heterocycles. The first kappa shape index (κ1) is 43.2. The highest BCUT2D eigenvalue weighted by Crippen LogP contribution is 2.58. The van der Waals surface area contributed by atoms with E-state index in [9.17, 15) is 31.6 Å². The van der Waals surface area contributed by atoms with Gasteiger partial charge in [-0.25, -0.2) is 32.0 Å². The average Bonchev–Trinajstić information content (AvgIpc) is 4.14. The lowest BCUT2D eigenvalue weighted by atomic mass is 9.85. The zero-order chi connectivity index (χ0) is 43.3. The van der Waals surface area contributed by atoms with E-state index < -0.39 is 115 Å². The molecule has 18 heteroatoms. The van der Waals surface area contributed by atoms with Crippen molar-refractivity contribution in [3.05, 3.63) is 30.0 Å². The lowest BCUT2D eigenvalue weighted by molar-refractivity contribution is -0.142. The summed E-state index contributed by atoms with van der Waals surface area (Å²) >= 11 is 6.85. The number of benzene rings is 1. The number of hydrogen-bond acceptors (Lipinski definition) is 9. The van der Waals surface area contributed by atoms with Gasteiger partial charge in [-0.2, -0.15) is 8.78 Å². The Balaban J connectivity index is 1.15. The molecule has 5 fully saturated rings. The molecule has 12 nitrogen and oxygen atoms in total. The second-order valence-electron chi connectivity index (χ2n) is 19.5. The lowest BCUT2D eigenvalue weighted by Gasteiger charge is -2.36. The summed E-state index contributed by atoms with van der Waals surface area (Å²) in [5.41, 5.74) is -2.97. The Morgan fingerprint density at radius 3 is 2.33 bits per heavy atom. The van der Waals surface area contributed by atoms with Crippen molar-refractivity contribution in [1.29, 1.82) is 0 Å². The van der Waals surface area contributed by atoms with Crippen molar-refractivity contribution in [3.63, 3.8) is 0 Å². The zero-order valence-corrected chi connectivity index (χ0v) is 36.0. The van der Waals surface area contributed by atoms with Gasteiger partial charge in [0.2, 0.25) is 24.1 Å². The van der Waals surface area contributed by atoms with Crippen LogP contribution in [-0.4, -0.2) is 99.4 Å². The number of alkyl halides is 5. The third kappa shape index (κ3) is 7.80. The van der Waals surface area contributed by atoms with Crippen LogP contribution in [0, 0.1) is 29.1 Å². The van der Waals surface area contributed by atoms with E-state index in [2.05, 4.69) is 20.6 Å². The van der Waals surface area contributed by atoms with Crippen LogP contribution in [0.2, 0.25) is 0 Å². The number of aromatic nitrogens is 2. The molecular formula is C42H54ClF4N5O7S. The standard InChI is InChI=1S/C42H54ClF4N5O7S/c1-21(60(56,57)40(5)14-15-40)31(43)41(19-26(41)34(44)45)51-35(53)29-18-23-20-52(29)37(54)33(39(2,3)4)50-38(55)59-30-17-22-16-25(22)24(30)10-8-9-13-42(46,47)32-36(58-23)49-28-12-7-6-11-27(28)48-32/h6-7,11-12,21-26,29-31,33-34H,8-10,13-20H2,1-5H3,(H,50,55)(H,51,53)/t21?,22-,23+,24+,25-,26-,29-,30+,31?,33+,41+/m0/s1. The van der Waals surface area contributed by atoms with Gasteiger partial charge in [0.25, 0.3) is 5.92 Å². The van der Waals surface area contributed by atoms with Crippen LogP contribution in [-0.2, 0) is 30.1 Å². The fraction of sp³-hybridized carbons (Fsp3) is 0.738. The number of sulfone groups is 1. The summed E-state index contributed by atoms with van der Waals surface area (Å²) in [7, 11) is -3.90. The smallest absolute Gasteiger partial charge is 0.408 e. The first-order chi connectivity index (χ1) is 28.1. The molecule has 2 bridgehead atoms. The summed E-state index contributed by atoms with van der Waals surface area (Å²) in [6, 6.07) is 3.79. The summed E-state index contributed by atoms with van der Waals surface area (Å²) < 4.78 is 100.0. The molecule has 4 saturated carbocycles. The SMILES string of the molecule is CC(C(Cl)[C@@]1(NC(=O)[C@@H]2C[C@@H]3CN2C(=O)[C@H](C(C)(C)C)NC(=O)O[C@@H]2C[C@@H]4C[C@@H]4[C@H]2CCCCC(F)(F)c2nc4ccccc4nc2O3)C[C@H]1C(F)F)S(=O)(=O)C1(C)CC1. The van der Waals surface area contributed by atoms with Crippen molar-refractivity contribution in [2.24, 2.45) is 29.1 Å². The van der Waals surface area contributed by atoms with Crippen LogP contribution >= 0.6 is 11.6 Å². The molecule has 1 aromatic carbocycles. The summed E-state index contributed by atoms with van der Waals surface area (Å²) in [4.78, 5) is 53.0. The Bertz CT molecular complexity index is 2160. The minimum atomic E-state index is -3.90. The van der Waals surface area contributed by atoms with E-state index in [1.165, 1.54) is 6.92 Å². The van der Waals surface area contributed by atoms with Gasteiger partial charge < -0.3 is 25.0 Å². The van der Waals surface area contributed by atoms with Crippen LogP contribution in [0.25, 0.3) is 11.0 Å². The molecule has 11 atom stereocenters. The Kier molecular flexibility index (Phi) is 10.9. The van der Waals surface area contributed by atoms with Crippen molar-refractivity contribution < 1.29 is 49.8 Å². The molecule has 60 heavy (non-hydrogen) atoms. The molecule has 1 aromatic heterocycles. The highest BCUT2D eigenvalue weighted by Gasteiger charge is 2.68. The van der Waals surface area contributed by atoms with E-state index in [1.807, 2.05) is 0 Å². The number of fused-ring (bicyclic) bond motifs is 7. The molecule has 330 valence electrons. The van der Waals surface area contributed by atoms with Crippen LogP contribution in [0.3, 0.4) is 0 Å². The van der Waals surface area contributed by atoms with E-state index in [0.717, 1.165) is 11.3 Å². The highest BCUT2D eigenvalue weighted by atomic mass is 35.5. The maximum atomic E-state index is 16.3. The van der Waals surface area contributed by atoms with Crippen molar-refractivity contribution in [1.82, 2.24) is 25.5 Å². The number of ether oxygens (including phenoxy) is 2. The topological polar surface area (TPSA) is 157 Å². The second kappa shape index (κ2) is 15.1. The molecular weight excluding hydrogens is 830 g/mol. The van der Waals surface area contributed by atoms with Crippen LogP contribution in [0.5, 0.6) is 5.88 Å². The fourth-order valence-corrected chi connectivity index (χ4v) is 12.9. The Morgan fingerprint density at radius 1 is 1.02 bits per heavy atom. The van der Waals surface area contributed by atoms with Crippen LogP contribution in [0.1, 0.15) is 105 Å². The molecule has 0 spiro atoms. The number of nitrogens with one attached hydrogen (secondary N) is 2. The first-order valence-electron chi connectivity index (χ1n) is 21.1. The van der Waals surface area contributed by atoms with E-state index in [1.54, 1.807) is 52.0 Å². The predicted octanol–water partition coefficient (Wildman–Crippen LogP) is 6.91. The summed E-state index contributed by atoms with van der Waals surface area (Å²) in [6.07, 6.45) is -2.92. The van der Waals surface area contributed by atoms with Gasteiger partial charge >= 0.3 is 6.09 Å². The predicted molar refractivity (Wildman–Crippen MR) is 213 cm³/mol. The lowest BCUT2D eigenvalue weighted by Crippen LogP contribution is -2.60. The van der Waals surface area contributed by atoms with E-state index in [0.29, 0.717) is 43.9 Å². The number of nitrogens with zero attached hydrogens (tertiary/aromatic N) is 3.